The van der Waals surface area contributed by atoms with E-state index in [1.807, 2.05) is 24.3 Å². The maximum absolute atomic E-state index is 13.1. The van der Waals surface area contributed by atoms with E-state index in [0.717, 1.165) is 5.39 Å². The Labute approximate surface area is 182 Å². The number of carbonyl (C=O) groups is 1. The van der Waals surface area contributed by atoms with Crippen molar-refractivity contribution in [2.45, 2.75) is 0 Å². The van der Waals surface area contributed by atoms with Crippen LogP contribution in [0.5, 0.6) is 11.5 Å². The minimum atomic E-state index is -0.340. The fourth-order valence-electron chi connectivity index (χ4n) is 3.27. The zero-order valence-corrected chi connectivity index (χ0v) is 17.1. The molecule has 31 heavy (non-hydrogen) atoms. The van der Waals surface area contributed by atoms with Crippen molar-refractivity contribution in [3.05, 3.63) is 88.9 Å². The zero-order valence-electron chi connectivity index (χ0n) is 16.3. The molecule has 154 valence electrons. The smallest absolute Gasteiger partial charge is 0.261 e. The van der Waals surface area contributed by atoms with Gasteiger partial charge in [-0.25, -0.2) is 4.99 Å². The Morgan fingerprint density at radius 2 is 1.68 bits per heavy atom. The third-order valence-electron chi connectivity index (χ3n) is 4.76. The predicted molar refractivity (Wildman–Crippen MR) is 118 cm³/mol. The highest BCUT2D eigenvalue weighted by atomic mass is 35.5. The number of hydrogen-bond acceptors (Lipinski definition) is 5. The third-order valence-corrected chi connectivity index (χ3v) is 5.01. The number of carbonyl (C=O) groups excluding carboxylic acids is 1. The van der Waals surface area contributed by atoms with Gasteiger partial charge in [-0.2, -0.15) is 0 Å². The minimum absolute atomic E-state index is 0.196. The summed E-state index contributed by atoms with van der Waals surface area (Å²) >= 11 is 5.93. The van der Waals surface area contributed by atoms with Crippen LogP contribution in [0.3, 0.4) is 0 Å². The van der Waals surface area contributed by atoms with Crippen LogP contribution in [-0.4, -0.2) is 19.1 Å². The molecule has 3 aromatic carbocycles. The van der Waals surface area contributed by atoms with Gasteiger partial charge in [-0.05, 0) is 48.5 Å². The SMILES string of the molecule is O=C(Nc1ccc(Cl)cc1)c1cc2ccccc2oc1=Nc1ccc2c(c1)OCCO2. The van der Waals surface area contributed by atoms with Gasteiger partial charge < -0.3 is 19.2 Å². The average Bonchev–Trinajstić information content (AvgIpc) is 2.80. The van der Waals surface area contributed by atoms with E-state index in [9.17, 15) is 4.79 Å². The Bertz CT molecular complexity index is 1350. The quantitative estimate of drug-likeness (QED) is 0.474. The largest absolute Gasteiger partial charge is 0.486 e. The number of rotatable bonds is 3. The van der Waals surface area contributed by atoms with Crippen molar-refractivity contribution in [1.29, 1.82) is 0 Å². The third kappa shape index (κ3) is 4.11. The number of anilines is 1. The Kier molecular flexibility index (Phi) is 5.06. The van der Waals surface area contributed by atoms with E-state index in [1.165, 1.54) is 0 Å². The first-order chi connectivity index (χ1) is 15.2. The van der Waals surface area contributed by atoms with Gasteiger partial charge in [0, 0.05) is 22.2 Å². The molecule has 0 radical (unpaired) electrons. The van der Waals surface area contributed by atoms with Crippen molar-refractivity contribution >= 4 is 39.9 Å². The molecule has 1 aliphatic rings. The Hall–Kier alpha value is -3.77. The second kappa shape index (κ2) is 8.16. The van der Waals surface area contributed by atoms with Crippen LogP contribution in [0.4, 0.5) is 11.4 Å². The number of para-hydroxylation sites is 1. The normalized spacial score (nSPS) is 13.3. The molecule has 0 unspecified atom stereocenters. The highest BCUT2D eigenvalue weighted by Crippen LogP contribution is 2.33. The summed E-state index contributed by atoms with van der Waals surface area (Å²) in [6.07, 6.45) is 0. The Morgan fingerprint density at radius 3 is 2.52 bits per heavy atom. The van der Waals surface area contributed by atoms with E-state index in [4.69, 9.17) is 25.5 Å². The van der Waals surface area contributed by atoms with Crippen molar-refractivity contribution in [2.24, 2.45) is 4.99 Å². The van der Waals surface area contributed by atoms with Gasteiger partial charge in [-0.3, -0.25) is 4.79 Å². The molecule has 7 heteroatoms. The van der Waals surface area contributed by atoms with Crippen LogP contribution in [0.15, 0.2) is 82.2 Å². The number of hydrogen-bond donors (Lipinski definition) is 1. The molecule has 0 saturated heterocycles. The molecule has 6 nitrogen and oxygen atoms in total. The zero-order chi connectivity index (χ0) is 21.2. The summed E-state index contributed by atoms with van der Waals surface area (Å²) in [4.78, 5) is 17.7. The molecule has 4 aromatic rings. The molecule has 0 bridgehead atoms. The lowest BCUT2D eigenvalue weighted by molar-refractivity contribution is 0.102. The Morgan fingerprint density at radius 1 is 0.903 bits per heavy atom. The highest BCUT2D eigenvalue weighted by molar-refractivity contribution is 6.30. The molecular formula is C24H17ClN2O4. The predicted octanol–water partition coefficient (Wildman–Crippen LogP) is 5.34. The summed E-state index contributed by atoms with van der Waals surface area (Å²) in [5.74, 6) is 0.940. The summed E-state index contributed by atoms with van der Waals surface area (Å²) in [5.41, 5.74) is 2.34. The van der Waals surface area contributed by atoms with Gasteiger partial charge in [-0.15, -0.1) is 0 Å². The van der Waals surface area contributed by atoms with E-state index in [0.29, 0.717) is 52.3 Å². The second-order valence-corrected chi connectivity index (χ2v) is 7.34. The number of benzene rings is 3. The van der Waals surface area contributed by atoms with Crippen molar-refractivity contribution in [2.75, 3.05) is 18.5 Å². The van der Waals surface area contributed by atoms with Crippen LogP contribution in [0.1, 0.15) is 10.4 Å². The monoisotopic (exact) mass is 432 g/mol. The lowest BCUT2D eigenvalue weighted by atomic mass is 10.1. The lowest BCUT2D eigenvalue weighted by Gasteiger charge is -2.18. The molecule has 1 amide bonds. The molecule has 1 aliphatic heterocycles. The maximum atomic E-state index is 13.1. The topological polar surface area (TPSA) is 73.1 Å². The fraction of sp³-hybridized carbons (Fsp3) is 0.0833. The van der Waals surface area contributed by atoms with Crippen LogP contribution in [0.25, 0.3) is 11.0 Å². The fourth-order valence-corrected chi connectivity index (χ4v) is 3.39. The molecule has 2 heterocycles. The van der Waals surface area contributed by atoms with E-state index in [2.05, 4.69) is 10.3 Å². The molecule has 1 N–H and O–H groups in total. The van der Waals surface area contributed by atoms with Crippen LogP contribution in [0.2, 0.25) is 5.02 Å². The first kappa shape index (κ1) is 19.2. The molecule has 0 atom stereocenters. The number of fused-ring (bicyclic) bond motifs is 2. The molecule has 0 aliphatic carbocycles. The van der Waals surface area contributed by atoms with Crippen molar-refractivity contribution < 1.29 is 18.7 Å². The van der Waals surface area contributed by atoms with Gasteiger partial charge in [0.05, 0.1) is 5.69 Å². The number of nitrogens with one attached hydrogen (secondary N) is 1. The van der Waals surface area contributed by atoms with E-state index < -0.39 is 0 Å². The number of amides is 1. The van der Waals surface area contributed by atoms with E-state index >= 15 is 0 Å². The minimum Gasteiger partial charge on any atom is -0.486 e. The van der Waals surface area contributed by atoms with Crippen molar-refractivity contribution in [3.63, 3.8) is 0 Å². The van der Waals surface area contributed by atoms with Crippen LogP contribution in [0, 0.1) is 0 Å². The number of ether oxygens (including phenoxy) is 2. The van der Waals surface area contributed by atoms with Crippen LogP contribution in [-0.2, 0) is 0 Å². The first-order valence-corrected chi connectivity index (χ1v) is 10.1. The first-order valence-electron chi connectivity index (χ1n) is 9.70. The molecule has 0 spiro atoms. The molecular weight excluding hydrogens is 416 g/mol. The van der Waals surface area contributed by atoms with Crippen LogP contribution >= 0.6 is 11.6 Å². The average molecular weight is 433 g/mol. The highest BCUT2D eigenvalue weighted by Gasteiger charge is 2.15. The standard InChI is InChI=1S/C24H17ClN2O4/c25-16-5-7-17(8-6-16)26-23(28)19-13-15-3-1-2-4-20(15)31-24(19)27-18-9-10-21-22(14-18)30-12-11-29-21/h1-10,13-14H,11-12H2,(H,26,28). The number of halogens is 1. The lowest BCUT2D eigenvalue weighted by Crippen LogP contribution is -2.21. The molecule has 1 aromatic heterocycles. The summed E-state index contributed by atoms with van der Waals surface area (Å²) in [6, 6.07) is 21.5. The van der Waals surface area contributed by atoms with Gasteiger partial charge >= 0.3 is 0 Å². The second-order valence-electron chi connectivity index (χ2n) is 6.90. The van der Waals surface area contributed by atoms with E-state index in [1.54, 1.807) is 48.5 Å². The molecule has 0 fully saturated rings. The van der Waals surface area contributed by atoms with Crippen molar-refractivity contribution in [1.82, 2.24) is 0 Å². The van der Waals surface area contributed by atoms with Gasteiger partial charge in [-0.1, -0.05) is 29.8 Å². The summed E-state index contributed by atoms with van der Waals surface area (Å²) < 4.78 is 17.2. The maximum Gasteiger partial charge on any atom is 0.261 e. The van der Waals surface area contributed by atoms with Gasteiger partial charge in [0.25, 0.3) is 5.91 Å². The van der Waals surface area contributed by atoms with Crippen LogP contribution < -0.4 is 20.3 Å². The number of nitrogens with zero attached hydrogens (tertiary/aromatic N) is 1. The molecule has 5 rings (SSSR count). The summed E-state index contributed by atoms with van der Waals surface area (Å²) in [6.45, 7) is 0.990. The van der Waals surface area contributed by atoms with Crippen molar-refractivity contribution in [3.8, 4) is 11.5 Å². The summed E-state index contributed by atoms with van der Waals surface area (Å²) in [7, 11) is 0. The Balaban J connectivity index is 1.60. The van der Waals surface area contributed by atoms with Gasteiger partial charge in [0.1, 0.15) is 24.4 Å². The molecule has 0 saturated carbocycles. The van der Waals surface area contributed by atoms with E-state index in [-0.39, 0.29) is 11.5 Å². The summed E-state index contributed by atoms with van der Waals surface area (Å²) in [5, 5.41) is 4.25. The van der Waals surface area contributed by atoms with Gasteiger partial charge in [0.15, 0.2) is 11.5 Å². The van der Waals surface area contributed by atoms with Gasteiger partial charge in [0.2, 0.25) is 5.55 Å².